The molecule has 2 rings (SSSR count). The van der Waals surface area contributed by atoms with Gasteiger partial charge in [-0.2, -0.15) is 0 Å². The molecular weight excluding hydrogens is 283 g/mol. The van der Waals surface area contributed by atoms with Crippen molar-refractivity contribution in [3.63, 3.8) is 0 Å². The highest BCUT2D eigenvalue weighted by atomic mass is 35.5. The summed E-state index contributed by atoms with van der Waals surface area (Å²) in [5, 5.41) is 8.74. The molecular formula is C10H12Cl2N2O2S. The van der Waals surface area contributed by atoms with Crippen molar-refractivity contribution in [1.29, 1.82) is 0 Å². The van der Waals surface area contributed by atoms with Gasteiger partial charge < -0.3 is 5.32 Å². The molecule has 1 fully saturated rings. The normalized spacial score (nSPS) is 16.6. The molecule has 0 saturated heterocycles. The van der Waals surface area contributed by atoms with Gasteiger partial charge in [0.1, 0.15) is 4.90 Å². The summed E-state index contributed by atoms with van der Waals surface area (Å²) in [6.07, 6.45) is 3.18. The maximum atomic E-state index is 11.4. The summed E-state index contributed by atoms with van der Waals surface area (Å²) in [4.78, 5) is -0.0150. The average Bonchev–Trinajstić information content (AvgIpc) is 2.14. The molecule has 17 heavy (non-hydrogen) atoms. The fourth-order valence-electron chi connectivity index (χ4n) is 1.65. The van der Waals surface area contributed by atoms with Crippen molar-refractivity contribution in [2.45, 2.75) is 30.2 Å². The number of rotatable bonds is 3. The second-order valence-electron chi connectivity index (χ2n) is 4.08. The zero-order valence-corrected chi connectivity index (χ0v) is 11.2. The third kappa shape index (κ3) is 2.85. The first kappa shape index (κ1) is 13.0. The summed E-state index contributed by atoms with van der Waals surface area (Å²) in [7, 11) is -3.81. The molecule has 1 aliphatic carbocycles. The highest BCUT2D eigenvalue weighted by Crippen LogP contribution is 2.33. The summed E-state index contributed by atoms with van der Waals surface area (Å²) < 4.78 is 22.9. The number of hydrogen-bond donors (Lipinski definition) is 2. The summed E-state index contributed by atoms with van der Waals surface area (Å²) >= 11 is 11.7. The van der Waals surface area contributed by atoms with Crippen LogP contribution in [0.2, 0.25) is 10.0 Å². The molecule has 94 valence electrons. The van der Waals surface area contributed by atoms with Gasteiger partial charge in [0.15, 0.2) is 0 Å². The molecule has 1 aliphatic rings. The lowest BCUT2D eigenvalue weighted by Gasteiger charge is -2.28. The van der Waals surface area contributed by atoms with Gasteiger partial charge in [0.2, 0.25) is 10.0 Å². The Kier molecular flexibility index (Phi) is 3.54. The van der Waals surface area contributed by atoms with Crippen molar-refractivity contribution in [2.75, 3.05) is 5.32 Å². The average molecular weight is 295 g/mol. The molecule has 0 aliphatic heterocycles. The van der Waals surface area contributed by atoms with Gasteiger partial charge in [0, 0.05) is 6.04 Å². The van der Waals surface area contributed by atoms with E-state index in [1.54, 1.807) is 0 Å². The first-order valence-electron chi connectivity index (χ1n) is 5.16. The number of hydrogen-bond acceptors (Lipinski definition) is 3. The summed E-state index contributed by atoms with van der Waals surface area (Å²) in [6.45, 7) is 0. The van der Waals surface area contributed by atoms with E-state index < -0.39 is 10.0 Å². The maximum Gasteiger partial charge on any atom is 0.240 e. The SMILES string of the molecule is NS(=O)(=O)c1cc(Cl)c(Cl)cc1NC1CCC1. The smallest absolute Gasteiger partial charge is 0.240 e. The molecule has 3 N–H and O–H groups in total. The van der Waals surface area contributed by atoms with E-state index in [-0.39, 0.29) is 16.0 Å². The van der Waals surface area contributed by atoms with Crippen LogP contribution in [0.4, 0.5) is 5.69 Å². The Bertz CT molecular complexity index is 541. The Morgan fingerprint density at radius 1 is 1.24 bits per heavy atom. The topological polar surface area (TPSA) is 72.2 Å². The van der Waals surface area contributed by atoms with Crippen LogP contribution in [0.15, 0.2) is 17.0 Å². The van der Waals surface area contributed by atoms with Gasteiger partial charge in [-0.1, -0.05) is 23.2 Å². The minimum absolute atomic E-state index is 0.0150. The van der Waals surface area contributed by atoms with Crippen LogP contribution in [0.1, 0.15) is 19.3 Å². The van der Waals surface area contributed by atoms with Crippen LogP contribution in [0, 0.1) is 0 Å². The van der Waals surface area contributed by atoms with Crippen LogP contribution in [-0.4, -0.2) is 14.5 Å². The van der Waals surface area contributed by atoms with Gasteiger partial charge >= 0.3 is 0 Å². The number of halogens is 2. The lowest BCUT2D eigenvalue weighted by atomic mass is 9.93. The third-order valence-electron chi connectivity index (χ3n) is 2.79. The van der Waals surface area contributed by atoms with E-state index in [1.165, 1.54) is 12.1 Å². The Hall–Kier alpha value is -0.490. The number of nitrogens with one attached hydrogen (secondary N) is 1. The monoisotopic (exact) mass is 294 g/mol. The van der Waals surface area contributed by atoms with E-state index in [4.69, 9.17) is 28.3 Å². The van der Waals surface area contributed by atoms with E-state index in [2.05, 4.69) is 5.32 Å². The molecule has 0 unspecified atom stereocenters. The molecule has 1 aromatic carbocycles. The van der Waals surface area contributed by atoms with Crippen LogP contribution in [0.3, 0.4) is 0 Å². The van der Waals surface area contributed by atoms with Gasteiger partial charge in [0.05, 0.1) is 15.7 Å². The van der Waals surface area contributed by atoms with Gasteiger partial charge in [-0.15, -0.1) is 0 Å². The van der Waals surface area contributed by atoms with Crippen LogP contribution in [0.5, 0.6) is 0 Å². The highest BCUT2D eigenvalue weighted by Gasteiger charge is 2.22. The van der Waals surface area contributed by atoms with Crippen molar-refractivity contribution in [3.8, 4) is 0 Å². The standard InChI is InChI=1S/C10H12Cl2N2O2S/c11-7-4-9(14-6-2-1-3-6)10(5-8(7)12)17(13,15)16/h4-6,14H,1-3H2,(H2,13,15,16). The molecule has 0 heterocycles. The third-order valence-corrected chi connectivity index (χ3v) is 4.47. The fourth-order valence-corrected chi connectivity index (χ4v) is 2.75. The maximum absolute atomic E-state index is 11.4. The van der Waals surface area contributed by atoms with E-state index in [1.807, 2.05) is 0 Å². The molecule has 0 radical (unpaired) electrons. The highest BCUT2D eigenvalue weighted by molar-refractivity contribution is 7.89. The predicted molar refractivity (Wildman–Crippen MR) is 69.1 cm³/mol. The molecule has 4 nitrogen and oxygen atoms in total. The van der Waals surface area contributed by atoms with Crippen LogP contribution < -0.4 is 10.5 Å². The van der Waals surface area contributed by atoms with Crippen molar-refractivity contribution in [1.82, 2.24) is 0 Å². The second-order valence-corrected chi connectivity index (χ2v) is 6.42. The molecule has 0 atom stereocenters. The van der Waals surface area contributed by atoms with Crippen LogP contribution in [0.25, 0.3) is 0 Å². The summed E-state index contributed by atoms with van der Waals surface area (Å²) in [6, 6.07) is 3.06. The van der Waals surface area contributed by atoms with Crippen molar-refractivity contribution < 1.29 is 8.42 Å². The number of sulfonamides is 1. The van der Waals surface area contributed by atoms with E-state index in [0.29, 0.717) is 10.7 Å². The van der Waals surface area contributed by atoms with Crippen molar-refractivity contribution >= 4 is 38.9 Å². The van der Waals surface area contributed by atoms with E-state index >= 15 is 0 Å². The lowest BCUT2D eigenvalue weighted by molar-refractivity contribution is 0.445. The predicted octanol–water partition coefficient (Wildman–Crippen LogP) is 2.61. The van der Waals surface area contributed by atoms with E-state index in [9.17, 15) is 8.42 Å². The zero-order valence-electron chi connectivity index (χ0n) is 8.91. The Morgan fingerprint density at radius 3 is 2.29 bits per heavy atom. The molecule has 1 aromatic rings. The molecule has 7 heteroatoms. The van der Waals surface area contributed by atoms with Gasteiger partial charge in [-0.3, -0.25) is 0 Å². The summed E-state index contributed by atoms with van der Waals surface area (Å²) in [5.41, 5.74) is 0.423. The minimum Gasteiger partial charge on any atom is -0.381 e. The number of nitrogens with two attached hydrogens (primary N) is 1. The largest absolute Gasteiger partial charge is 0.381 e. The molecule has 0 aromatic heterocycles. The number of primary sulfonamides is 1. The first-order chi connectivity index (χ1) is 7.88. The summed E-state index contributed by atoms with van der Waals surface area (Å²) in [5.74, 6) is 0. The zero-order chi connectivity index (χ0) is 12.6. The Morgan fingerprint density at radius 2 is 1.82 bits per heavy atom. The fraction of sp³-hybridized carbons (Fsp3) is 0.400. The molecule has 0 amide bonds. The second kappa shape index (κ2) is 4.65. The molecule has 0 spiro atoms. The Labute approximate surface area is 110 Å². The van der Waals surface area contributed by atoms with Crippen molar-refractivity contribution in [3.05, 3.63) is 22.2 Å². The van der Waals surface area contributed by atoms with Crippen LogP contribution >= 0.6 is 23.2 Å². The van der Waals surface area contributed by atoms with Gasteiger partial charge in [-0.05, 0) is 31.4 Å². The van der Waals surface area contributed by atoms with Gasteiger partial charge in [0.25, 0.3) is 0 Å². The van der Waals surface area contributed by atoms with Crippen molar-refractivity contribution in [2.24, 2.45) is 5.14 Å². The Balaban J connectivity index is 2.43. The van der Waals surface area contributed by atoms with E-state index in [0.717, 1.165) is 19.3 Å². The molecule has 0 bridgehead atoms. The lowest BCUT2D eigenvalue weighted by Crippen LogP contribution is -2.28. The molecule has 1 saturated carbocycles. The minimum atomic E-state index is -3.81. The number of benzene rings is 1. The van der Waals surface area contributed by atoms with Crippen LogP contribution in [-0.2, 0) is 10.0 Å². The number of anilines is 1. The van der Waals surface area contributed by atoms with Gasteiger partial charge in [-0.25, -0.2) is 13.6 Å². The first-order valence-corrected chi connectivity index (χ1v) is 7.46. The quantitative estimate of drug-likeness (QED) is 0.900.